The van der Waals surface area contributed by atoms with Gasteiger partial charge in [0.15, 0.2) is 5.75 Å². The number of benzene rings is 3. The maximum atomic E-state index is 12.6. The molecule has 3 aromatic carbocycles. The first-order valence-electron chi connectivity index (χ1n) is 12.1. The Kier molecular flexibility index (Phi) is 6.54. The minimum Gasteiger partial charge on any atom is -0.428 e. The van der Waals surface area contributed by atoms with Crippen LogP contribution in [0.2, 0.25) is 5.02 Å². The van der Waals surface area contributed by atoms with Gasteiger partial charge in [-0.1, -0.05) is 76.6 Å². The highest BCUT2D eigenvalue weighted by Gasteiger charge is 2.28. The molecule has 6 nitrogen and oxygen atoms in total. The summed E-state index contributed by atoms with van der Waals surface area (Å²) in [5, 5.41) is 11.5. The van der Waals surface area contributed by atoms with Gasteiger partial charge in [0.05, 0.1) is 5.02 Å². The second kappa shape index (κ2) is 9.07. The minimum absolute atomic E-state index is 0.0399. The van der Waals surface area contributed by atoms with Crippen LogP contribution in [0.1, 0.15) is 67.4 Å². The van der Waals surface area contributed by atoms with Crippen LogP contribution in [-0.4, -0.2) is 26.8 Å². The molecular weight excluding hydrogens is 474 g/mol. The lowest BCUT2D eigenvalue weighted by Crippen LogP contribution is -2.26. The van der Waals surface area contributed by atoms with Crippen molar-refractivity contribution in [2.24, 2.45) is 5.41 Å². The van der Waals surface area contributed by atoms with Crippen LogP contribution < -0.4 is 4.74 Å². The van der Waals surface area contributed by atoms with Crippen molar-refractivity contribution >= 4 is 39.6 Å². The summed E-state index contributed by atoms with van der Waals surface area (Å²) in [6.07, 6.45) is 0.197. The van der Waals surface area contributed by atoms with Crippen molar-refractivity contribution in [3.8, 4) is 11.4 Å². The average molecular weight is 508 g/mol. The zero-order valence-corrected chi connectivity index (χ0v) is 23.0. The summed E-state index contributed by atoms with van der Waals surface area (Å²) in [5.74, 6) is 0.224. The Hall–Kier alpha value is -3.12. The van der Waals surface area contributed by atoms with Crippen molar-refractivity contribution in [1.82, 2.24) is 15.0 Å². The third-order valence-electron chi connectivity index (χ3n) is 5.84. The van der Waals surface area contributed by atoms with Crippen LogP contribution in [0.25, 0.3) is 27.5 Å². The van der Waals surface area contributed by atoms with Crippen LogP contribution in [0.4, 0.5) is 4.79 Å². The molecule has 190 valence electrons. The first kappa shape index (κ1) is 26.0. The van der Waals surface area contributed by atoms with E-state index in [0.717, 1.165) is 28.2 Å². The van der Waals surface area contributed by atoms with Gasteiger partial charge in [0.2, 0.25) is 0 Å². The molecule has 0 aliphatic rings. The molecule has 0 radical (unpaired) electrons. The third kappa shape index (κ3) is 5.65. The van der Waals surface area contributed by atoms with Crippen LogP contribution in [0.15, 0.2) is 48.5 Å². The summed E-state index contributed by atoms with van der Waals surface area (Å²) in [6.45, 7) is 16.6. The van der Waals surface area contributed by atoms with Crippen LogP contribution in [-0.2, 0) is 10.2 Å². The molecule has 0 aliphatic carbocycles. The minimum atomic E-state index is -0.821. The van der Waals surface area contributed by atoms with Crippen LogP contribution in [0.3, 0.4) is 0 Å². The molecule has 7 heteroatoms. The molecule has 0 atom stereocenters. The van der Waals surface area contributed by atoms with Gasteiger partial charge in [-0.2, -0.15) is 0 Å². The Labute approximate surface area is 217 Å². The number of halogens is 1. The van der Waals surface area contributed by atoms with Gasteiger partial charge in [-0.25, -0.2) is 4.79 Å². The number of aromatic nitrogens is 3. The highest BCUT2D eigenvalue weighted by Crippen LogP contribution is 2.39. The summed E-state index contributed by atoms with van der Waals surface area (Å²) in [5.41, 5.74) is 2.47. The fraction of sp³-hybridized carbons (Fsp3) is 0.414. The van der Waals surface area contributed by atoms with Crippen LogP contribution in [0, 0.1) is 5.41 Å². The molecule has 1 aromatic heterocycles. The Morgan fingerprint density at radius 2 is 1.58 bits per heavy atom. The standard InChI is InChI=1S/C29H34ClN3O3/c1-27(2,3)17-29(7,8)19-13-14-21-22(16-19)32-33(31-21)25-23(35-26(34)36-28(4,5)6)15-18-11-9-10-12-20(18)24(25)30/h9-16H,17H2,1-8H3. The molecule has 0 fully saturated rings. The zero-order chi connectivity index (χ0) is 26.5. The van der Waals surface area contributed by atoms with E-state index in [-0.39, 0.29) is 16.6 Å². The second-order valence-corrected chi connectivity index (χ2v) is 12.5. The average Bonchev–Trinajstić information content (AvgIpc) is 3.13. The number of carbonyl (C=O) groups excluding carboxylic acids is 1. The van der Waals surface area contributed by atoms with Gasteiger partial charge >= 0.3 is 6.16 Å². The van der Waals surface area contributed by atoms with Gasteiger partial charge in [-0.15, -0.1) is 15.0 Å². The first-order valence-corrected chi connectivity index (χ1v) is 12.5. The monoisotopic (exact) mass is 507 g/mol. The molecule has 0 spiro atoms. The van der Waals surface area contributed by atoms with E-state index < -0.39 is 11.8 Å². The summed E-state index contributed by atoms with van der Waals surface area (Å²) in [4.78, 5) is 14.0. The largest absolute Gasteiger partial charge is 0.514 e. The van der Waals surface area contributed by atoms with E-state index in [2.05, 4.69) is 51.9 Å². The Bertz CT molecular complexity index is 1440. The molecule has 36 heavy (non-hydrogen) atoms. The fourth-order valence-corrected chi connectivity index (χ4v) is 5.10. The predicted octanol–water partition coefficient (Wildman–Crippen LogP) is 8.25. The SMILES string of the molecule is CC(C)(C)CC(C)(C)c1ccc2nn(-c3c(OC(=O)OC(C)(C)C)cc4ccccc4c3Cl)nc2c1. The topological polar surface area (TPSA) is 66.2 Å². The Morgan fingerprint density at radius 3 is 2.25 bits per heavy atom. The van der Waals surface area contributed by atoms with Gasteiger partial charge in [-0.05, 0) is 67.2 Å². The van der Waals surface area contributed by atoms with E-state index in [1.54, 1.807) is 26.8 Å². The van der Waals surface area contributed by atoms with Crippen molar-refractivity contribution in [1.29, 1.82) is 0 Å². The third-order valence-corrected chi connectivity index (χ3v) is 6.22. The molecule has 0 amide bonds. The van der Waals surface area contributed by atoms with Gasteiger partial charge in [0.1, 0.15) is 22.3 Å². The van der Waals surface area contributed by atoms with Gasteiger partial charge in [-0.3, -0.25) is 0 Å². The van der Waals surface area contributed by atoms with Crippen LogP contribution in [0.5, 0.6) is 5.75 Å². The van der Waals surface area contributed by atoms with Crippen molar-refractivity contribution in [3.63, 3.8) is 0 Å². The number of ether oxygens (including phenoxy) is 2. The predicted molar refractivity (Wildman–Crippen MR) is 145 cm³/mol. The zero-order valence-electron chi connectivity index (χ0n) is 22.3. The Morgan fingerprint density at radius 1 is 0.917 bits per heavy atom. The highest BCUT2D eigenvalue weighted by molar-refractivity contribution is 6.37. The fourth-order valence-electron chi connectivity index (χ4n) is 4.76. The molecule has 4 aromatic rings. The summed E-state index contributed by atoms with van der Waals surface area (Å²) in [6, 6.07) is 15.5. The lowest BCUT2D eigenvalue weighted by atomic mass is 9.72. The normalized spacial score (nSPS) is 12.8. The highest BCUT2D eigenvalue weighted by atomic mass is 35.5. The molecule has 0 bridgehead atoms. The Balaban J connectivity index is 1.83. The molecule has 0 unspecified atom stereocenters. The summed E-state index contributed by atoms with van der Waals surface area (Å²) in [7, 11) is 0. The van der Waals surface area contributed by atoms with Crippen molar-refractivity contribution in [3.05, 3.63) is 59.1 Å². The van der Waals surface area contributed by atoms with E-state index in [1.807, 2.05) is 30.3 Å². The van der Waals surface area contributed by atoms with Crippen molar-refractivity contribution in [2.75, 3.05) is 0 Å². The molecule has 0 saturated heterocycles. The van der Waals surface area contributed by atoms with Crippen molar-refractivity contribution < 1.29 is 14.3 Å². The number of carbonyl (C=O) groups is 1. The van der Waals surface area contributed by atoms with Crippen molar-refractivity contribution in [2.45, 2.75) is 72.8 Å². The number of rotatable bonds is 4. The quantitative estimate of drug-likeness (QED) is 0.205. The van der Waals surface area contributed by atoms with Crippen LogP contribution >= 0.6 is 11.6 Å². The maximum Gasteiger partial charge on any atom is 0.514 e. The molecule has 0 saturated carbocycles. The molecule has 0 N–H and O–H groups in total. The number of hydrogen-bond acceptors (Lipinski definition) is 5. The van der Waals surface area contributed by atoms with Gasteiger partial charge in [0, 0.05) is 5.39 Å². The van der Waals surface area contributed by atoms with E-state index in [9.17, 15) is 4.79 Å². The van der Waals surface area contributed by atoms with E-state index >= 15 is 0 Å². The maximum absolute atomic E-state index is 12.6. The van der Waals surface area contributed by atoms with Gasteiger partial charge in [0.25, 0.3) is 0 Å². The molecule has 1 heterocycles. The second-order valence-electron chi connectivity index (χ2n) is 12.1. The van der Waals surface area contributed by atoms with E-state index in [4.69, 9.17) is 26.2 Å². The number of hydrogen-bond donors (Lipinski definition) is 0. The number of nitrogens with zero attached hydrogens (tertiary/aromatic N) is 3. The molecule has 4 rings (SSSR count). The smallest absolute Gasteiger partial charge is 0.428 e. The van der Waals surface area contributed by atoms with E-state index in [0.29, 0.717) is 10.7 Å². The lowest BCUT2D eigenvalue weighted by molar-refractivity contribution is 0.0206. The van der Waals surface area contributed by atoms with Gasteiger partial charge < -0.3 is 9.47 Å². The molecule has 0 aliphatic heterocycles. The summed E-state index contributed by atoms with van der Waals surface area (Å²) < 4.78 is 11.0. The summed E-state index contributed by atoms with van der Waals surface area (Å²) >= 11 is 6.87. The number of fused-ring (bicyclic) bond motifs is 2. The first-order chi connectivity index (χ1) is 16.6. The van der Waals surface area contributed by atoms with E-state index in [1.165, 1.54) is 10.4 Å². The molecular formula is C29H34ClN3O3. The lowest BCUT2D eigenvalue weighted by Gasteiger charge is -2.32.